The number of benzene rings is 1. The van der Waals surface area contributed by atoms with Crippen LogP contribution in [-0.2, 0) is 0 Å². The third kappa shape index (κ3) is 5.77. The average molecular weight is 483 g/mol. The van der Waals surface area contributed by atoms with Gasteiger partial charge in [0.05, 0.1) is 18.7 Å². The Kier molecular flexibility index (Phi) is 7.63. The van der Waals surface area contributed by atoms with Gasteiger partial charge in [-0.3, -0.25) is 0 Å². The monoisotopic (exact) mass is 482 g/mol. The minimum absolute atomic E-state index is 0.348. The Morgan fingerprint density at radius 3 is 2.53 bits per heavy atom. The first-order chi connectivity index (χ1) is 17.7. The first kappa shape index (κ1) is 24.1. The Hall–Kier alpha value is -3.63. The highest BCUT2D eigenvalue weighted by Gasteiger charge is 2.29. The lowest BCUT2D eigenvalue weighted by Gasteiger charge is -2.40. The van der Waals surface area contributed by atoms with Crippen LogP contribution in [-0.4, -0.2) is 48.3 Å². The lowest BCUT2D eigenvalue weighted by Crippen LogP contribution is -2.54. The van der Waals surface area contributed by atoms with Crippen molar-refractivity contribution in [3.8, 4) is 23.1 Å². The number of piperidine rings is 1. The molecule has 1 aromatic carbocycles. The van der Waals surface area contributed by atoms with Crippen LogP contribution in [0.3, 0.4) is 0 Å². The summed E-state index contributed by atoms with van der Waals surface area (Å²) < 4.78 is 5.19. The molecule has 3 aromatic rings. The zero-order valence-electron chi connectivity index (χ0n) is 20.9. The van der Waals surface area contributed by atoms with Crippen molar-refractivity contribution in [2.45, 2.75) is 56.7 Å². The number of nitrogens with one attached hydrogen (secondary N) is 2. The quantitative estimate of drug-likeness (QED) is 0.490. The second-order valence-electron chi connectivity index (χ2n) is 9.77. The summed E-state index contributed by atoms with van der Waals surface area (Å²) in [5.74, 6) is 1.52. The molecule has 186 valence electrons. The fourth-order valence-electron chi connectivity index (χ4n) is 5.45. The number of ether oxygens (including phenoxy) is 1. The summed E-state index contributed by atoms with van der Waals surface area (Å²) in [6, 6.07) is 19.4. The molecule has 0 bridgehead atoms. The van der Waals surface area contributed by atoms with Gasteiger partial charge in [-0.2, -0.15) is 5.26 Å². The van der Waals surface area contributed by atoms with E-state index < -0.39 is 0 Å². The van der Waals surface area contributed by atoms with E-state index >= 15 is 0 Å². The molecule has 1 saturated carbocycles. The number of pyridine rings is 2. The number of nitrogens with zero attached hydrogens (tertiary/aromatic N) is 4. The van der Waals surface area contributed by atoms with Gasteiger partial charge in [-0.25, -0.2) is 9.97 Å². The van der Waals surface area contributed by atoms with Crippen LogP contribution in [0.1, 0.15) is 44.1 Å². The maximum Gasteiger partial charge on any atom is 0.212 e. The minimum Gasteiger partial charge on any atom is -0.481 e. The minimum atomic E-state index is 0.348. The number of methoxy groups -OCH3 is 1. The van der Waals surface area contributed by atoms with Crippen molar-refractivity contribution in [3.05, 3.63) is 66.5 Å². The third-order valence-electron chi connectivity index (χ3n) is 7.37. The highest BCUT2D eigenvalue weighted by molar-refractivity contribution is 5.65. The van der Waals surface area contributed by atoms with Gasteiger partial charge < -0.3 is 20.3 Å². The van der Waals surface area contributed by atoms with E-state index in [0.29, 0.717) is 29.6 Å². The molecule has 1 saturated heterocycles. The molecule has 36 heavy (non-hydrogen) atoms. The van der Waals surface area contributed by atoms with Crippen molar-refractivity contribution in [1.29, 1.82) is 5.26 Å². The Morgan fingerprint density at radius 1 is 0.944 bits per heavy atom. The van der Waals surface area contributed by atoms with Gasteiger partial charge in [0.2, 0.25) is 5.88 Å². The summed E-state index contributed by atoms with van der Waals surface area (Å²) in [5, 5.41) is 16.8. The fourth-order valence-corrected chi connectivity index (χ4v) is 5.45. The molecule has 2 fully saturated rings. The molecule has 5 rings (SSSR count). The largest absolute Gasteiger partial charge is 0.481 e. The molecular formula is C29H34N6O. The molecule has 0 unspecified atom stereocenters. The summed E-state index contributed by atoms with van der Waals surface area (Å²) >= 11 is 0. The Labute approximate surface area is 213 Å². The molecule has 0 amide bonds. The van der Waals surface area contributed by atoms with Crippen molar-refractivity contribution in [1.82, 2.24) is 15.3 Å². The molecule has 3 atom stereocenters. The van der Waals surface area contributed by atoms with Crippen LogP contribution in [0.2, 0.25) is 0 Å². The second kappa shape index (κ2) is 11.4. The van der Waals surface area contributed by atoms with E-state index in [4.69, 9.17) is 10.00 Å². The van der Waals surface area contributed by atoms with Crippen LogP contribution >= 0.6 is 0 Å². The van der Waals surface area contributed by atoms with Crippen LogP contribution in [0.4, 0.5) is 11.5 Å². The standard InChI is InChI=1S/C29H34N6O/c1-36-29-13-10-23(19-32-29)22-14-15-31-28(17-22)34-27-7-3-2-6-26(27)33-24-5-4-16-35(20-24)25-11-8-21(18-30)9-12-25/h8-15,17,19,24,26-27,33H,2-7,16,20H2,1H3,(H,31,34)/t24-,26+,27+/m0/s1. The van der Waals surface area contributed by atoms with Crippen molar-refractivity contribution in [3.63, 3.8) is 0 Å². The van der Waals surface area contributed by atoms with Gasteiger partial charge in [0, 0.05) is 60.9 Å². The predicted molar refractivity (Wildman–Crippen MR) is 143 cm³/mol. The number of rotatable bonds is 7. The number of hydrogen-bond donors (Lipinski definition) is 2. The topological polar surface area (TPSA) is 86.1 Å². The number of aromatic nitrogens is 2. The lowest BCUT2D eigenvalue weighted by atomic mass is 9.89. The third-order valence-corrected chi connectivity index (χ3v) is 7.37. The average Bonchev–Trinajstić information content (AvgIpc) is 2.94. The molecule has 0 radical (unpaired) electrons. The van der Waals surface area contributed by atoms with E-state index in [-0.39, 0.29) is 0 Å². The van der Waals surface area contributed by atoms with Crippen LogP contribution < -0.4 is 20.3 Å². The molecule has 2 aromatic heterocycles. The summed E-state index contributed by atoms with van der Waals surface area (Å²) in [5.41, 5.74) is 4.05. The Balaban J connectivity index is 1.23. The first-order valence-electron chi connectivity index (χ1n) is 13.0. The van der Waals surface area contributed by atoms with Crippen molar-refractivity contribution >= 4 is 11.5 Å². The number of nitriles is 1. The van der Waals surface area contributed by atoms with E-state index in [1.54, 1.807) is 7.11 Å². The summed E-state index contributed by atoms with van der Waals surface area (Å²) in [7, 11) is 1.63. The summed E-state index contributed by atoms with van der Waals surface area (Å²) in [6.45, 7) is 2.06. The van der Waals surface area contributed by atoms with E-state index in [0.717, 1.165) is 36.5 Å². The smallest absolute Gasteiger partial charge is 0.212 e. The van der Waals surface area contributed by atoms with Crippen molar-refractivity contribution in [2.24, 2.45) is 0 Å². The van der Waals surface area contributed by atoms with Gasteiger partial charge in [0.1, 0.15) is 5.82 Å². The van der Waals surface area contributed by atoms with Crippen LogP contribution in [0.25, 0.3) is 11.1 Å². The maximum absolute atomic E-state index is 9.09. The molecule has 1 aliphatic heterocycles. The van der Waals surface area contributed by atoms with Crippen LogP contribution in [0, 0.1) is 11.3 Å². The second-order valence-corrected chi connectivity index (χ2v) is 9.77. The SMILES string of the molecule is COc1ccc(-c2ccnc(N[C@@H]3CCCC[C@H]3N[C@H]3CCCN(c4ccc(C#N)cc4)C3)c2)cn1. The van der Waals surface area contributed by atoms with Gasteiger partial charge in [0.15, 0.2) is 0 Å². The molecule has 3 heterocycles. The Morgan fingerprint density at radius 2 is 1.78 bits per heavy atom. The van der Waals surface area contributed by atoms with Crippen molar-refractivity contribution in [2.75, 3.05) is 30.4 Å². The van der Waals surface area contributed by atoms with E-state index in [2.05, 4.69) is 49.8 Å². The first-order valence-corrected chi connectivity index (χ1v) is 13.0. The fraction of sp³-hybridized carbons (Fsp3) is 0.414. The zero-order chi connectivity index (χ0) is 24.7. The van der Waals surface area contributed by atoms with Gasteiger partial charge >= 0.3 is 0 Å². The Bertz CT molecular complexity index is 1170. The van der Waals surface area contributed by atoms with Gasteiger partial charge in [-0.15, -0.1) is 0 Å². The molecule has 7 nitrogen and oxygen atoms in total. The summed E-state index contributed by atoms with van der Waals surface area (Å²) in [6.07, 6.45) is 10.9. The van der Waals surface area contributed by atoms with Crippen LogP contribution in [0.15, 0.2) is 60.9 Å². The maximum atomic E-state index is 9.09. The molecule has 1 aliphatic carbocycles. The molecule has 2 N–H and O–H groups in total. The van der Waals surface area contributed by atoms with E-state index in [9.17, 15) is 0 Å². The highest BCUT2D eigenvalue weighted by atomic mass is 16.5. The van der Waals surface area contributed by atoms with Gasteiger partial charge in [0.25, 0.3) is 0 Å². The van der Waals surface area contributed by atoms with Gasteiger partial charge in [-0.1, -0.05) is 12.8 Å². The molecule has 7 heteroatoms. The lowest BCUT2D eigenvalue weighted by molar-refractivity contribution is 0.293. The molecule has 0 spiro atoms. The molecular weight excluding hydrogens is 448 g/mol. The normalized spacial score (nSPS) is 22.0. The summed E-state index contributed by atoms with van der Waals surface area (Å²) in [4.78, 5) is 11.4. The zero-order valence-corrected chi connectivity index (χ0v) is 20.9. The molecule has 2 aliphatic rings. The number of anilines is 2. The predicted octanol–water partition coefficient (Wildman–Crippen LogP) is 5.01. The van der Waals surface area contributed by atoms with Crippen molar-refractivity contribution < 1.29 is 4.74 Å². The van der Waals surface area contributed by atoms with E-state index in [1.807, 2.05) is 42.7 Å². The highest BCUT2D eigenvalue weighted by Crippen LogP contribution is 2.27. The number of hydrogen-bond acceptors (Lipinski definition) is 7. The van der Waals surface area contributed by atoms with Crippen LogP contribution in [0.5, 0.6) is 5.88 Å². The van der Waals surface area contributed by atoms with E-state index in [1.165, 1.54) is 37.8 Å². The van der Waals surface area contributed by atoms with Gasteiger partial charge in [-0.05, 0) is 73.7 Å².